The Morgan fingerprint density at radius 3 is 0.786 bits per heavy atom. The molecular weight excluding hydrogens is 1780 g/mol. The van der Waals surface area contributed by atoms with Gasteiger partial charge in [0.1, 0.15) is 50.4 Å². The van der Waals surface area contributed by atoms with Crippen molar-refractivity contribution in [2.24, 2.45) is 0 Å². The molecular formula is C131H88N10O4. The van der Waals surface area contributed by atoms with Gasteiger partial charge in [0.2, 0.25) is 0 Å². The van der Waals surface area contributed by atoms with Crippen molar-refractivity contribution in [3.63, 3.8) is 0 Å². The second kappa shape index (κ2) is 33.8. The summed E-state index contributed by atoms with van der Waals surface area (Å²) in [5, 5.41) is 8.80. The van der Waals surface area contributed by atoms with Gasteiger partial charge in [-0.25, -0.2) is 44.9 Å². The van der Waals surface area contributed by atoms with Gasteiger partial charge in [0.15, 0.2) is 52.4 Å². The minimum atomic E-state index is -0.0914. The van der Waals surface area contributed by atoms with Gasteiger partial charge in [-0.1, -0.05) is 399 Å². The number of hydrogen-bond acceptors (Lipinski definition) is 14. The summed E-state index contributed by atoms with van der Waals surface area (Å²) in [5.41, 5.74) is 37.1. The van der Waals surface area contributed by atoms with Crippen LogP contribution in [0.4, 0.5) is 0 Å². The van der Waals surface area contributed by atoms with Gasteiger partial charge < -0.3 is 17.7 Å². The topological polar surface area (TPSA) is 181 Å². The van der Waals surface area contributed by atoms with E-state index in [1.54, 1.807) is 6.20 Å². The third-order valence-electron chi connectivity index (χ3n) is 29.5. The minimum Gasteiger partial charge on any atom is -0.456 e. The molecule has 0 aliphatic heterocycles. The second-order valence-electron chi connectivity index (χ2n) is 39.2. The van der Waals surface area contributed by atoms with E-state index in [-0.39, 0.29) is 16.2 Å². The quantitative estimate of drug-likeness (QED) is 0.113. The maximum Gasteiger partial charge on any atom is 0.182 e. The van der Waals surface area contributed by atoms with Crippen LogP contribution in [0, 0.1) is 0 Å². The van der Waals surface area contributed by atoms with Gasteiger partial charge in [-0.15, -0.1) is 0 Å². The molecule has 0 radical (unpaired) electrons. The first kappa shape index (κ1) is 85.5. The van der Waals surface area contributed by atoms with Crippen LogP contribution < -0.4 is 0 Å². The monoisotopic (exact) mass is 1860 g/mol. The molecule has 18 aromatic carbocycles. The van der Waals surface area contributed by atoms with E-state index in [4.69, 9.17) is 62.5 Å². The zero-order chi connectivity index (χ0) is 96.9. The molecule has 0 amide bonds. The minimum absolute atomic E-state index is 0.0759. The SMILES string of the molecule is CC1(C)c2ccccc2-c2cc3c(cc21)oc1c(-c2ccc(-c4nc(-c5ccccc5)nc(-c5cccc6oc7ccccc7c56)n4)cc2)cccc13.CC1(C)c2ccccc2-c2cc3c(cc21)oc1c(-c2ccc(-c4nc(-c5ccccc5)nc(-c5ccccc5)n4)cc2)cccc13.CC1(C)c2ccccc2-c2cc3c(cc21)oc1c(-c2ccc(-c4nc(-c5ccccc5)nc(-c5ccccn5)n4)cc2)cccc13. The fourth-order valence-corrected chi connectivity index (χ4v) is 22.1. The van der Waals surface area contributed by atoms with Crippen LogP contribution in [0.15, 0.2) is 442 Å². The van der Waals surface area contributed by atoms with Crippen molar-refractivity contribution in [1.82, 2.24) is 49.8 Å². The summed E-state index contributed by atoms with van der Waals surface area (Å²) in [6.45, 7) is 13.8. The summed E-state index contributed by atoms with van der Waals surface area (Å²) in [4.78, 5) is 48.7. The summed E-state index contributed by atoms with van der Waals surface area (Å²) in [5.74, 6) is 5.50. The normalized spacial score (nSPS) is 13.2. The van der Waals surface area contributed by atoms with Crippen LogP contribution in [0.3, 0.4) is 0 Å². The van der Waals surface area contributed by atoms with Gasteiger partial charge in [-0.2, -0.15) is 0 Å². The first-order chi connectivity index (χ1) is 71.1. The highest BCUT2D eigenvalue weighted by molar-refractivity contribution is 6.16. The molecule has 8 aromatic heterocycles. The Labute approximate surface area is 835 Å². The maximum absolute atomic E-state index is 6.72. The van der Waals surface area contributed by atoms with Crippen molar-refractivity contribution in [3.05, 3.63) is 458 Å². The van der Waals surface area contributed by atoms with E-state index in [2.05, 4.69) is 295 Å². The van der Waals surface area contributed by atoms with Crippen LogP contribution in [-0.4, -0.2) is 49.8 Å². The van der Waals surface area contributed by atoms with Gasteiger partial charge in [-0.3, -0.25) is 4.98 Å². The van der Waals surface area contributed by atoms with Crippen molar-refractivity contribution in [1.29, 1.82) is 0 Å². The summed E-state index contributed by atoms with van der Waals surface area (Å²) in [6.07, 6.45) is 1.75. The Hall–Kier alpha value is -18.7. The second-order valence-corrected chi connectivity index (χ2v) is 39.2. The van der Waals surface area contributed by atoms with Crippen LogP contribution in [0.2, 0.25) is 0 Å². The van der Waals surface area contributed by atoms with Crippen LogP contribution in [0.1, 0.15) is 74.9 Å². The van der Waals surface area contributed by atoms with E-state index in [1.807, 2.05) is 170 Å². The molecule has 26 aromatic rings. The lowest BCUT2D eigenvalue weighted by molar-refractivity contribution is 0.648. The highest BCUT2D eigenvalue weighted by atomic mass is 16.3. The molecule has 3 aliphatic rings. The molecule has 14 nitrogen and oxygen atoms in total. The molecule has 0 atom stereocenters. The maximum atomic E-state index is 6.72. The number of benzene rings is 18. The summed E-state index contributed by atoms with van der Waals surface area (Å²) in [7, 11) is 0. The summed E-state index contributed by atoms with van der Waals surface area (Å²) < 4.78 is 26.3. The Bertz CT molecular complexity index is 9230. The molecule has 8 heterocycles. The Kier molecular flexibility index (Phi) is 20.0. The fourth-order valence-electron chi connectivity index (χ4n) is 22.1. The number of nitrogens with zero attached hydrogens (tertiary/aromatic N) is 10. The van der Waals surface area contributed by atoms with Crippen molar-refractivity contribution in [2.45, 2.75) is 57.8 Å². The van der Waals surface area contributed by atoms with Crippen molar-refractivity contribution in [2.75, 3.05) is 0 Å². The Morgan fingerprint density at radius 2 is 0.434 bits per heavy atom. The predicted octanol–water partition coefficient (Wildman–Crippen LogP) is 33.5. The smallest absolute Gasteiger partial charge is 0.182 e. The lowest BCUT2D eigenvalue weighted by atomic mass is 9.82. The van der Waals surface area contributed by atoms with Crippen molar-refractivity contribution in [3.8, 4) is 169 Å². The van der Waals surface area contributed by atoms with E-state index in [0.29, 0.717) is 58.1 Å². The van der Waals surface area contributed by atoms with Crippen LogP contribution >= 0.6 is 0 Å². The molecule has 686 valence electrons. The van der Waals surface area contributed by atoms with Crippen molar-refractivity contribution >= 4 is 87.8 Å². The average molecular weight is 1870 g/mol. The van der Waals surface area contributed by atoms with Crippen LogP contribution in [-0.2, 0) is 16.2 Å². The van der Waals surface area contributed by atoms with Gasteiger partial charge in [-0.05, 0) is 144 Å². The Morgan fingerprint density at radius 1 is 0.166 bits per heavy atom. The first-order valence-electron chi connectivity index (χ1n) is 49.0. The molecule has 0 fully saturated rings. The standard InChI is InChI=1S/C48H31N3O2.C42H29N3O.C41H28N4O/c1-48(2)38-19-8-6-14-32(38)36-26-37-33-17-10-16-31(44(33)53-42(37)27-39(36)48)28-22-24-30(25-23-28)46-49-45(29-12-4-3-5-13-29)50-47(51-46)35-18-11-21-41-43(35)34-15-7-9-20-40(34)52-41;1-42(2)35-19-10-9-16-31(35)33-24-34-32-18-11-17-30(38(32)46-37(34)25-36(33)42)26-20-22-29(23-21-26)41-44-39(27-12-5-3-6-13-27)43-40(45-41)28-14-7-4-8-15-28;1-41(2)33-16-7-6-13-29(33)31-23-32-30-15-10-14-28(37(30)46-36(32)24-34(31)41)25-18-20-27(21-19-25)39-43-38(26-11-4-3-5-12-26)44-40(45-39)35-17-8-9-22-42-35/h3-27H,1-2H3;3-25H,1-2H3;3-24H,1-2H3. The number of hydrogen-bond donors (Lipinski definition) is 0. The number of pyridine rings is 1. The Balaban J connectivity index is 0.000000108. The summed E-state index contributed by atoms with van der Waals surface area (Å²) >= 11 is 0. The first-order valence-corrected chi connectivity index (χ1v) is 49.0. The van der Waals surface area contributed by atoms with E-state index < -0.39 is 0 Å². The molecule has 0 saturated heterocycles. The predicted molar refractivity (Wildman–Crippen MR) is 584 cm³/mol. The van der Waals surface area contributed by atoms with Crippen LogP contribution in [0.5, 0.6) is 0 Å². The van der Waals surface area contributed by atoms with Gasteiger partial charge in [0.25, 0.3) is 0 Å². The lowest BCUT2D eigenvalue weighted by Gasteiger charge is -2.21. The molecule has 145 heavy (non-hydrogen) atoms. The van der Waals surface area contributed by atoms with E-state index >= 15 is 0 Å². The molecule has 14 heteroatoms. The number of furan rings is 4. The summed E-state index contributed by atoms with van der Waals surface area (Å²) in [6, 6.07) is 144. The van der Waals surface area contributed by atoms with Crippen molar-refractivity contribution < 1.29 is 17.7 Å². The average Bonchev–Trinajstić information content (AvgIpc) is 1.57. The molecule has 0 N–H and O–H groups in total. The van der Waals surface area contributed by atoms with Crippen LogP contribution in [0.25, 0.3) is 257 Å². The van der Waals surface area contributed by atoms with Gasteiger partial charge in [0, 0.05) is 127 Å². The highest BCUT2D eigenvalue weighted by Gasteiger charge is 2.40. The third-order valence-corrected chi connectivity index (χ3v) is 29.5. The van der Waals surface area contributed by atoms with Gasteiger partial charge in [0.05, 0.1) is 0 Å². The number of para-hydroxylation sites is 4. The molecule has 3 aliphatic carbocycles. The zero-order valence-corrected chi connectivity index (χ0v) is 80.0. The zero-order valence-electron chi connectivity index (χ0n) is 80.0. The number of fused-ring (bicyclic) bond motifs is 21. The molecule has 0 spiro atoms. The lowest BCUT2D eigenvalue weighted by Crippen LogP contribution is -2.14. The molecule has 0 saturated carbocycles. The van der Waals surface area contributed by atoms with Gasteiger partial charge >= 0.3 is 0 Å². The van der Waals surface area contributed by atoms with E-state index in [1.165, 1.54) is 66.8 Å². The largest absolute Gasteiger partial charge is 0.456 e. The number of aromatic nitrogens is 10. The third kappa shape index (κ3) is 14.4. The van der Waals surface area contributed by atoms with E-state index in [9.17, 15) is 0 Å². The number of rotatable bonds is 12. The molecule has 29 rings (SSSR count). The molecule has 0 unspecified atom stereocenters. The van der Waals surface area contributed by atoms with E-state index in [0.717, 1.165) is 166 Å². The fraction of sp³-hybridized carbons (Fsp3) is 0.0687. The molecule has 0 bridgehead atoms. The highest BCUT2D eigenvalue weighted by Crippen LogP contribution is 2.56.